The molecule has 0 saturated heterocycles. The minimum Gasteiger partial charge on any atom is -0.481 e. The number of rotatable bonds is 7. The van der Waals surface area contributed by atoms with E-state index in [-0.39, 0.29) is 0 Å². The summed E-state index contributed by atoms with van der Waals surface area (Å²) in [7, 11) is 0. The lowest BCUT2D eigenvalue weighted by molar-refractivity contribution is -0.139. The first-order chi connectivity index (χ1) is 8.15. The predicted octanol–water partition coefficient (Wildman–Crippen LogP) is 3.43. The first-order valence-corrected chi connectivity index (χ1v) is 6.50. The van der Waals surface area contributed by atoms with Crippen molar-refractivity contribution in [3.8, 4) is 0 Å². The van der Waals surface area contributed by atoms with Crippen LogP contribution in [0.1, 0.15) is 31.2 Å². The molecule has 0 bridgehead atoms. The van der Waals surface area contributed by atoms with Crippen molar-refractivity contribution in [1.82, 2.24) is 0 Å². The van der Waals surface area contributed by atoms with Gasteiger partial charge >= 0.3 is 5.97 Å². The summed E-state index contributed by atoms with van der Waals surface area (Å²) in [5, 5.41) is 9.19. The molecule has 4 heteroatoms. The quantitative estimate of drug-likeness (QED) is 0.785. The van der Waals surface area contributed by atoms with Crippen molar-refractivity contribution in [3.63, 3.8) is 0 Å². The van der Waals surface area contributed by atoms with Crippen LogP contribution < -0.4 is 0 Å². The molecule has 0 spiro atoms. The van der Waals surface area contributed by atoms with E-state index >= 15 is 0 Å². The maximum absolute atomic E-state index is 11.2. The van der Waals surface area contributed by atoms with E-state index in [1.807, 2.05) is 31.2 Å². The lowest BCUT2D eigenvalue weighted by Gasteiger charge is -2.12. The van der Waals surface area contributed by atoms with Crippen LogP contribution in [-0.2, 0) is 9.53 Å². The largest absolute Gasteiger partial charge is 0.481 e. The second-order valence-electron chi connectivity index (χ2n) is 3.84. The van der Waals surface area contributed by atoms with Gasteiger partial charge < -0.3 is 9.84 Å². The highest BCUT2D eigenvalue weighted by atomic mass is 79.9. The molecule has 0 saturated carbocycles. The monoisotopic (exact) mass is 300 g/mol. The summed E-state index contributed by atoms with van der Waals surface area (Å²) in [5.41, 5.74) is 0.820. The van der Waals surface area contributed by atoms with Gasteiger partial charge in [-0.3, -0.25) is 4.79 Å². The summed E-state index contributed by atoms with van der Waals surface area (Å²) in [6.45, 7) is 3.21. The lowest BCUT2D eigenvalue weighted by Crippen LogP contribution is -2.14. The normalized spacial score (nSPS) is 12.4. The molecule has 0 amide bonds. The molecule has 94 valence electrons. The third-order valence-electron chi connectivity index (χ3n) is 2.47. The predicted molar refractivity (Wildman–Crippen MR) is 70.2 cm³/mol. The van der Waals surface area contributed by atoms with Crippen LogP contribution in [0.4, 0.5) is 0 Å². The molecule has 1 aromatic rings. The van der Waals surface area contributed by atoms with Crippen molar-refractivity contribution < 1.29 is 14.6 Å². The van der Waals surface area contributed by atoms with Gasteiger partial charge in [0.2, 0.25) is 0 Å². The third kappa shape index (κ3) is 4.88. The van der Waals surface area contributed by atoms with Crippen LogP contribution >= 0.6 is 15.9 Å². The Morgan fingerprint density at radius 2 is 2.00 bits per heavy atom. The standard InChI is InChI=1S/C13H17BrO3/c1-2-8-17-9-7-12(13(15)16)10-3-5-11(14)6-4-10/h3-6,12H,2,7-9H2,1H3,(H,15,16). The van der Waals surface area contributed by atoms with E-state index in [1.54, 1.807) is 0 Å². The van der Waals surface area contributed by atoms with Gasteiger partial charge in [-0.05, 0) is 30.5 Å². The van der Waals surface area contributed by atoms with Crippen molar-refractivity contribution in [2.24, 2.45) is 0 Å². The summed E-state index contributed by atoms with van der Waals surface area (Å²) in [6, 6.07) is 7.39. The number of hydrogen-bond donors (Lipinski definition) is 1. The van der Waals surface area contributed by atoms with E-state index in [2.05, 4.69) is 15.9 Å². The minimum atomic E-state index is -0.799. The zero-order chi connectivity index (χ0) is 12.7. The Labute approximate surface area is 110 Å². The van der Waals surface area contributed by atoms with Gasteiger partial charge in [-0.2, -0.15) is 0 Å². The number of hydrogen-bond acceptors (Lipinski definition) is 2. The number of carbonyl (C=O) groups is 1. The van der Waals surface area contributed by atoms with Crippen molar-refractivity contribution in [3.05, 3.63) is 34.3 Å². The van der Waals surface area contributed by atoms with Crippen LogP contribution in [0, 0.1) is 0 Å². The van der Waals surface area contributed by atoms with Crippen molar-refractivity contribution in [2.75, 3.05) is 13.2 Å². The van der Waals surface area contributed by atoms with Crippen molar-refractivity contribution in [2.45, 2.75) is 25.7 Å². The molecule has 0 aromatic heterocycles. The Morgan fingerprint density at radius 1 is 1.35 bits per heavy atom. The van der Waals surface area contributed by atoms with Crippen molar-refractivity contribution >= 4 is 21.9 Å². The number of carboxylic acids is 1. The van der Waals surface area contributed by atoms with E-state index < -0.39 is 11.9 Å². The number of carboxylic acid groups (broad SMARTS) is 1. The van der Waals surface area contributed by atoms with Crippen LogP contribution in [-0.4, -0.2) is 24.3 Å². The Bertz CT molecular complexity index is 348. The maximum atomic E-state index is 11.2. The van der Waals surface area contributed by atoms with Crippen LogP contribution in [0.5, 0.6) is 0 Å². The molecule has 0 aliphatic heterocycles. The number of ether oxygens (including phenoxy) is 1. The Balaban J connectivity index is 2.59. The summed E-state index contributed by atoms with van der Waals surface area (Å²) in [6.07, 6.45) is 1.47. The first-order valence-electron chi connectivity index (χ1n) is 5.71. The third-order valence-corrected chi connectivity index (χ3v) is 3.00. The second-order valence-corrected chi connectivity index (χ2v) is 4.76. The molecule has 0 fully saturated rings. The minimum absolute atomic E-state index is 0.486. The molecule has 17 heavy (non-hydrogen) atoms. The summed E-state index contributed by atoms with van der Waals surface area (Å²) in [4.78, 5) is 11.2. The zero-order valence-electron chi connectivity index (χ0n) is 9.86. The fourth-order valence-corrected chi connectivity index (χ4v) is 1.84. The second kappa shape index (κ2) is 7.45. The maximum Gasteiger partial charge on any atom is 0.311 e. The van der Waals surface area contributed by atoms with E-state index in [0.29, 0.717) is 19.6 Å². The van der Waals surface area contributed by atoms with E-state index in [1.165, 1.54) is 0 Å². The van der Waals surface area contributed by atoms with Gasteiger partial charge in [-0.1, -0.05) is 35.0 Å². The molecular weight excluding hydrogens is 284 g/mol. The highest BCUT2D eigenvalue weighted by Gasteiger charge is 2.19. The smallest absolute Gasteiger partial charge is 0.311 e. The van der Waals surface area contributed by atoms with Gasteiger partial charge in [0.15, 0.2) is 0 Å². The zero-order valence-corrected chi connectivity index (χ0v) is 11.4. The molecule has 0 heterocycles. The molecule has 1 rings (SSSR count). The van der Waals surface area contributed by atoms with Crippen molar-refractivity contribution in [1.29, 1.82) is 0 Å². The first kappa shape index (κ1) is 14.2. The average Bonchev–Trinajstić information content (AvgIpc) is 2.30. The Hall–Kier alpha value is -0.870. The summed E-state index contributed by atoms with van der Waals surface area (Å²) in [5.74, 6) is -1.28. The summed E-state index contributed by atoms with van der Waals surface area (Å²) >= 11 is 3.33. The SMILES string of the molecule is CCCOCCC(C(=O)O)c1ccc(Br)cc1. The highest BCUT2D eigenvalue weighted by molar-refractivity contribution is 9.10. The van der Waals surface area contributed by atoms with E-state index in [4.69, 9.17) is 4.74 Å². The van der Waals surface area contributed by atoms with Crippen LogP contribution in [0.2, 0.25) is 0 Å². The summed E-state index contributed by atoms with van der Waals surface area (Å²) < 4.78 is 6.29. The van der Waals surface area contributed by atoms with Crippen LogP contribution in [0.25, 0.3) is 0 Å². The fourth-order valence-electron chi connectivity index (χ4n) is 1.58. The molecule has 0 radical (unpaired) electrons. The number of aliphatic carboxylic acids is 1. The number of halogens is 1. The Morgan fingerprint density at radius 3 is 2.53 bits per heavy atom. The highest BCUT2D eigenvalue weighted by Crippen LogP contribution is 2.22. The van der Waals surface area contributed by atoms with Gasteiger partial charge in [0.25, 0.3) is 0 Å². The molecule has 1 atom stereocenters. The molecule has 3 nitrogen and oxygen atoms in total. The Kier molecular flexibility index (Phi) is 6.22. The average molecular weight is 301 g/mol. The topological polar surface area (TPSA) is 46.5 Å². The molecule has 0 aliphatic carbocycles. The van der Waals surface area contributed by atoms with Crippen LogP contribution in [0.3, 0.4) is 0 Å². The van der Waals surface area contributed by atoms with Gasteiger partial charge in [-0.25, -0.2) is 0 Å². The fraction of sp³-hybridized carbons (Fsp3) is 0.462. The molecule has 1 N–H and O–H groups in total. The van der Waals surface area contributed by atoms with E-state index in [0.717, 1.165) is 16.5 Å². The van der Waals surface area contributed by atoms with Gasteiger partial charge in [0.1, 0.15) is 0 Å². The molecule has 0 aliphatic rings. The molecule has 1 unspecified atom stereocenters. The van der Waals surface area contributed by atoms with Gasteiger partial charge in [0, 0.05) is 17.7 Å². The number of benzene rings is 1. The van der Waals surface area contributed by atoms with Gasteiger partial charge in [0.05, 0.1) is 5.92 Å². The lowest BCUT2D eigenvalue weighted by atomic mass is 9.96. The van der Waals surface area contributed by atoms with Gasteiger partial charge in [-0.15, -0.1) is 0 Å². The van der Waals surface area contributed by atoms with E-state index in [9.17, 15) is 9.90 Å². The van der Waals surface area contributed by atoms with Crippen LogP contribution in [0.15, 0.2) is 28.7 Å². The molecular formula is C13H17BrO3. The molecule has 1 aromatic carbocycles.